The predicted octanol–water partition coefficient (Wildman–Crippen LogP) is 3.33. The molecule has 1 saturated heterocycles. The smallest absolute Gasteiger partial charge is 0.270 e. The zero-order valence-electron chi connectivity index (χ0n) is 22.5. The molecular formula is C30H36FN5O3. The van der Waals surface area contributed by atoms with Crippen molar-refractivity contribution in [2.45, 2.75) is 39.8 Å². The lowest BCUT2D eigenvalue weighted by Crippen LogP contribution is -2.35. The first-order chi connectivity index (χ1) is 18.8. The van der Waals surface area contributed by atoms with Gasteiger partial charge in [0.1, 0.15) is 11.5 Å². The van der Waals surface area contributed by atoms with Crippen molar-refractivity contribution in [3.8, 4) is 0 Å². The first-order valence-electron chi connectivity index (χ1n) is 13.1. The van der Waals surface area contributed by atoms with Gasteiger partial charge in [-0.25, -0.2) is 4.39 Å². The minimum Gasteiger partial charge on any atom is -0.352 e. The third kappa shape index (κ3) is 9.30. The van der Waals surface area contributed by atoms with Gasteiger partial charge in [-0.1, -0.05) is 30.8 Å². The number of carbonyl (C=O) groups is 3. The van der Waals surface area contributed by atoms with E-state index < -0.39 is 11.8 Å². The van der Waals surface area contributed by atoms with Gasteiger partial charge in [0.2, 0.25) is 0 Å². The van der Waals surface area contributed by atoms with Crippen molar-refractivity contribution < 1.29 is 18.8 Å². The standard InChI is InChI=1S/C30H36FN5O3/c1-4-33-27(30(39)36-19-24-7-10-26(31)20(2)15-24)16-21(3)28(37)34-17-22-5-8-25(9-6-22)29(38)35-18-23-11-13-32-14-12-23/h4-10,15-16,23,32H,3,11-14,17-19H2,1-2H3,(H,34,37)(H,35,38)(H,36,39)/b27-16-,33-4?. The molecule has 8 nitrogen and oxygen atoms in total. The van der Waals surface area contributed by atoms with Crippen LogP contribution in [0.5, 0.6) is 0 Å². The van der Waals surface area contributed by atoms with Crippen molar-refractivity contribution in [3.63, 3.8) is 0 Å². The molecule has 39 heavy (non-hydrogen) atoms. The van der Waals surface area contributed by atoms with E-state index in [2.05, 4.69) is 32.8 Å². The Hall–Kier alpha value is -4.11. The fraction of sp³-hybridized carbons (Fsp3) is 0.333. The second-order valence-corrected chi connectivity index (χ2v) is 9.49. The van der Waals surface area contributed by atoms with Crippen LogP contribution < -0.4 is 21.3 Å². The third-order valence-electron chi connectivity index (χ3n) is 6.46. The maximum absolute atomic E-state index is 13.5. The van der Waals surface area contributed by atoms with Gasteiger partial charge in [0.05, 0.1) is 0 Å². The fourth-order valence-corrected chi connectivity index (χ4v) is 4.12. The van der Waals surface area contributed by atoms with E-state index in [1.807, 2.05) is 0 Å². The molecule has 0 atom stereocenters. The maximum Gasteiger partial charge on any atom is 0.270 e. The summed E-state index contributed by atoms with van der Waals surface area (Å²) >= 11 is 0. The molecule has 0 aromatic heterocycles. The van der Waals surface area contributed by atoms with Crippen LogP contribution in [0.3, 0.4) is 0 Å². The average molecular weight is 534 g/mol. The minimum absolute atomic E-state index is 0.0244. The van der Waals surface area contributed by atoms with Crippen molar-refractivity contribution in [1.29, 1.82) is 0 Å². The van der Waals surface area contributed by atoms with Gasteiger partial charge < -0.3 is 21.3 Å². The summed E-state index contributed by atoms with van der Waals surface area (Å²) in [5.41, 5.74) is 2.70. The zero-order valence-corrected chi connectivity index (χ0v) is 22.5. The number of nitrogens with zero attached hydrogens (tertiary/aromatic N) is 1. The van der Waals surface area contributed by atoms with Crippen LogP contribution in [0.2, 0.25) is 0 Å². The molecule has 0 aliphatic carbocycles. The van der Waals surface area contributed by atoms with E-state index in [1.165, 1.54) is 18.4 Å². The predicted molar refractivity (Wildman–Crippen MR) is 151 cm³/mol. The molecular weight excluding hydrogens is 497 g/mol. The molecule has 1 fully saturated rings. The Morgan fingerprint density at radius 3 is 2.31 bits per heavy atom. The Balaban J connectivity index is 1.49. The van der Waals surface area contributed by atoms with Crippen LogP contribution in [0.25, 0.3) is 0 Å². The highest BCUT2D eigenvalue weighted by Crippen LogP contribution is 2.12. The lowest BCUT2D eigenvalue weighted by Gasteiger charge is -2.22. The highest BCUT2D eigenvalue weighted by molar-refractivity contribution is 6.00. The van der Waals surface area contributed by atoms with Gasteiger partial charge in [-0.15, -0.1) is 0 Å². The lowest BCUT2D eigenvalue weighted by atomic mass is 9.98. The van der Waals surface area contributed by atoms with Gasteiger partial charge in [-0.2, -0.15) is 0 Å². The van der Waals surface area contributed by atoms with Gasteiger partial charge in [0.15, 0.2) is 0 Å². The van der Waals surface area contributed by atoms with Crippen LogP contribution in [-0.4, -0.2) is 43.6 Å². The second-order valence-electron chi connectivity index (χ2n) is 9.49. The number of amides is 3. The van der Waals surface area contributed by atoms with Crippen LogP contribution in [0.15, 0.2) is 71.4 Å². The number of piperidine rings is 1. The molecule has 4 N–H and O–H groups in total. The summed E-state index contributed by atoms with van der Waals surface area (Å²) in [4.78, 5) is 41.7. The number of carbonyl (C=O) groups excluding carboxylic acids is 3. The molecule has 3 amide bonds. The topological polar surface area (TPSA) is 112 Å². The Kier molecular flexibility index (Phi) is 11.1. The van der Waals surface area contributed by atoms with Gasteiger partial charge >= 0.3 is 0 Å². The summed E-state index contributed by atoms with van der Waals surface area (Å²) in [5, 5.41) is 11.8. The van der Waals surface area contributed by atoms with Crippen LogP contribution in [0.4, 0.5) is 4.39 Å². The first kappa shape index (κ1) is 29.4. The van der Waals surface area contributed by atoms with E-state index in [0.29, 0.717) is 23.6 Å². The van der Waals surface area contributed by atoms with E-state index in [9.17, 15) is 18.8 Å². The van der Waals surface area contributed by atoms with Crippen LogP contribution in [0.1, 0.15) is 46.8 Å². The highest BCUT2D eigenvalue weighted by atomic mass is 19.1. The molecule has 1 aliphatic heterocycles. The monoisotopic (exact) mass is 533 g/mol. The van der Waals surface area contributed by atoms with E-state index in [1.54, 1.807) is 50.2 Å². The summed E-state index contributed by atoms with van der Waals surface area (Å²) in [6.07, 6.45) is 4.89. The van der Waals surface area contributed by atoms with Crippen molar-refractivity contribution in [2.24, 2.45) is 10.9 Å². The van der Waals surface area contributed by atoms with Crippen molar-refractivity contribution >= 4 is 23.9 Å². The molecule has 0 spiro atoms. The average Bonchev–Trinajstić information content (AvgIpc) is 2.95. The lowest BCUT2D eigenvalue weighted by molar-refractivity contribution is -0.117. The van der Waals surface area contributed by atoms with Gasteiger partial charge in [-0.3, -0.25) is 19.4 Å². The van der Waals surface area contributed by atoms with E-state index >= 15 is 0 Å². The van der Waals surface area contributed by atoms with Crippen LogP contribution >= 0.6 is 0 Å². The Labute approximate surface area is 228 Å². The largest absolute Gasteiger partial charge is 0.352 e. The highest BCUT2D eigenvalue weighted by Gasteiger charge is 2.15. The van der Waals surface area contributed by atoms with Gasteiger partial charge in [0, 0.05) is 37.0 Å². The number of rotatable bonds is 11. The Morgan fingerprint density at radius 1 is 1.00 bits per heavy atom. The van der Waals surface area contributed by atoms with E-state index in [-0.39, 0.29) is 36.1 Å². The summed E-state index contributed by atoms with van der Waals surface area (Å²) in [7, 11) is 0. The molecule has 206 valence electrons. The molecule has 1 heterocycles. The summed E-state index contributed by atoms with van der Waals surface area (Å²) < 4.78 is 13.5. The van der Waals surface area contributed by atoms with E-state index in [0.717, 1.165) is 37.1 Å². The number of hydrogen-bond donors (Lipinski definition) is 4. The Morgan fingerprint density at radius 2 is 1.64 bits per heavy atom. The number of hydrogen-bond acceptors (Lipinski definition) is 5. The number of aryl methyl sites for hydroxylation is 1. The zero-order chi connectivity index (χ0) is 28.2. The molecule has 9 heteroatoms. The minimum atomic E-state index is -0.488. The van der Waals surface area contributed by atoms with Crippen molar-refractivity contribution in [2.75, 3.05) is 19.6 Å². The van der Waals surface area contributed by atoms with Crippen LogP contribution in [0, 0.1) is 18.7 Å². The molecule has 2 aromatic carbocycles. The molecule has 1 aliphatic rings. The molecule has 3 rings (SSSR count). The number of halogens is 1. The number of aliphatic imine (C=N–C) groups is 1. The van der Waals surface area contributed by atoms with Gasteiger partial charge in [-0.05, 0) is 86.7 Å². The Bertz CT molecular complexity index is 1250. The molecule has 2 aromatic rings. The quantitative estimate of drug-likeness (QED) is 0.202. The summed E-state index contributed by atoms with van der Waals surface area (Å²) in [6.45, 7) is 10.1. The molecule has 0 radical (unpaired) electrons. The van der Waals surface area contributed by atoms with Crippen molar-refractivity contribution in [1.82, 2.24) is 21.3 Å². The van der Waals surface area contributed by atoms with Crippen molar-refractivity contribution in [3.05, 3.63) is 94.5 Å². The fourth-order valence-electron chi connectivity index (χ4n) is 4.12. The number of nitrogens with one attached hydrogen (secondary N) is 4. The number of benzene rings is 2. The summed E-state index contributed by atoms with van der Waals surface area (Å²) in [6, 6.07) is 11.6. The molecule has 0 bridgehead atoms. The first-order valence-corrected chi connectivity index (χ1v) is 13.1. The van der Waals surface area contributed by atoms with E-state index in [4.69, 9.17) is 0 Å². The van der Waals surface area contributed by atoms with Gasteiger partial charge in [0.25, 0.3) is 17.7 Å². The second kappa shape index (κ2) is 14.7. The molecule has 0 saturated carbocycles. The molecule has 0 unspecified atom stereocenters. The SMILES string of the molecule is C=C(/C=C(\N=CC)C(=O)NCc1ccc(F)c(C)c1)C(=O)NCc1ccc(C(=O)NCC2CCNCC2)cc1. The summed E-state index contributed by atoms with van der Waals surface area (Å²) in [5.74, 6) is -0.865. The third-order valence-corrected chi connectivity index (χ3v) is 6.46. The maximum atomic E-state index is 13.5. The van der Waals surface area contributed by atoms with Crippen LogP contribution in [-0.2, 0) is 22.7 Å². The normalized spacial score (nSPS) is 14.2.